The first-order valence-electron chi connectivity index (χ1n) is 7.42. The number of carbonyl (C=O) groups excluding carboxylic acids is 1. The molecular weight excluding hydrogens is 266 g/mol. The number of hydrogen-bond donors (Lipinski definition) is 3. The zero-order valence-electron chi connectivity index (χ0n) is 12.6. The Morgan fingerprint density at radius 2 is 2.14 bits per heavy atom. The van der Waals surface area contributed by atoms with Crippen molar-refractivity contribution >= 4 is 28.3 Å². The summed E-state index contributed by atoms with van der Waals surface area (Å²) in [5.41, 5.74) is 7.46. The van der Waals surface area contributed by atoms with Crippen LogP contribution in [-0.4, -0.2) is 35.7 Å². The first kappa shape index (κ1) is 15.3. The zero-order chi connectivity index (χ0) is 15.2. The van der Waals surface area contributed by atoms with Gasteiger partial charge in [-0.1, -0.05) is 0 Å². The zero-order valence-corrected chi connectivity index (χ0v) is 12.6. The molecule has 0 aliphatic rings. The van der Waals surface area contributed by atoms with Gasteiger partial charge in [-0.25, -0.2) is 0 Å². The highest BCUT2D eigenvalue weighted by Crippen LogP contribution is 2.26. The smallest absolute Gasteiger partial charge is 0.225 e. The minimum Gasteiger partial charge on any atom is -0.372 e. The number of nitrogens with one attached hydrogen (secondary N) is 2. The van der Waals surface area contributed by atoms with Crippen molar-refractivity contribution in [3.8, 4) is 0 Å². The third-order valence-electron chi connectivity index (χ3n) is 3.54. The normalized spacial score (nSPS) is 10.8. The molecule has 0 bridgehead atoms. The molecule has 0 radical (unpaired) electrons. The largest absolute Gasteiger partial charge is 0.372 e. The van der Waals surface area contributed by atoms with Gasteiger partial charge in [0.15, 0.2) is 5.82 Å². The molecule has 2 aromatic rings. The van der Waals surface area contributed by atoms with Crippen molar-refractivity contribution in [1.29, 1.82) is 0 Å². The summed E-state index contributed by atoms with van der Waals surface area (Å²) in [6.45, 7) is 6.65. The van der Waals surface area contributed by atoms with Gasteiger partial charge in [0, 0.05) is 30.6 Å². The topological polar surface area (TPSA) is 87.0 Å². The SMILES string of the molecule is CCN(CC)c1ccc2[nH]nc(NC(=O)CCCN)c2c1. The average Bonchev–Trinajstić information content (AvgIpc) is 2.89. The van der Waals surface area contributed by atoms with Crippen LogP contribution in [0.2, 0.25) is 0 Å². The Labute approximate surface area is 124 Å². The number of aromatic amines is 1. The molecule has 6 heteroatoms. The number of carbonyl (C=O) groups is 1. The number of hydrogen-bond acceptors (Lipinski definition) is 4. The van der Waals surface area contributed by atoms with Gasteiger partial charge in [0.05, 0.1) is 5.52 Å². The van der Waals surface area contributed by atoms with Gasteiger partial charge in [0.2, 0.25) is 5.91 Å². The van der Waals surface area contributed by atoms with Gasteiger partial charge in [-0.15, -0.1) is 0 Å². The van der Waals surface area contributed by atoms with E-state index in [1.165, 1.54) is 0 Å². The summed E-state index contributed by atoms with van der Waals surface area (Å²) in [5.74, 6) is 0.531. The lowest BCUT2D eigenvalue weighted by Crippen LogP contribution is -2.21. The summed E-state index contributed by atoms with van der Waals surface area (Å²) in [5, 5.41) is 10.9. The number of aromatic nitrogens is 2. The third-order valence-corrected chi connectivity index (χ3v) is 3.54. The molecule has 6 nitrogen and oxygen atoms in total. The van der Waals surface area contributed by atoms with E-state index in [1.54, 1.807) is 0 Å². The Morgan fingerprint density at radius 1 is 1.38 bits per heavy atom. The minimum absolute atomic E-state index is 0.0536. The molecule has 2 rings (SSSR count). The van der Waals surface area contributed by atoms with Crippen molar-refractivity contribution in [2.75, 3.05) is 29.9 Å². The molecule has 1 aromatic carbocycles. The molecule has 114 valence electrons. The molecule has 0 saturated heterocycles. The van der Waals surface area contributed by atoms with E-state index in [0.717, 1.165) is 29.7 Å². The quantitative estimate of drug-likeness (QED) is 0.728. The van der Waals surface area contributed by atoms with Crippen molar-refractivity contribution in [2.45, 2.75) is 26.7 Å². The second-order valence-electron chi connectivity index (χ2n) is 4.91. The van der Waals surface area contributed by atoms with Gasteiger partial charge in [-0.3, -0.25) is 9.89 Å². The van der Waals surface area contributed by atoms with Crippen LogP contribution in [0.15, 0.2) is 18.2 Å². The van der Waals surface area contributed by atoms with Gasteiger partial charge in [-0.2, -0.15) is 5.10 Å². The number of rotatable bonds is 7. The van der Waals surface area contributed by atoms with E-state index in [0.29, 0.717) is 25.2 Å². The van der Waals surface area contributed by atoms with Crippen molar-refractivity contribution < 1.29 is 4.79 Å². The standard InChI is InChI=1S/C15H23N5O/c1-3-20(4-2)11-7-8-13-12(10-11)15(19-18-13)17-14(21)6-5-9-16/h7-8,10H,3-6,9,16H2,1-2H3,(H2,17,18,19,21). The fourth-order valence-electron chi connectivity index (χ4n) is 2.34. The number of nitrogens with zero attached hydrogens (tertiary/aromatic N) is 2. The van der Waals surface area contributed by atoms with Crippen LogP contribution < -0.4 is 16.0 Å². The number of benzene rings is 1. The van der Waals surface area contributed by atoms with Crippen molar-refractivity contribution in [1.82, 2.24) is 10.2 Å². The number of fused-ring (bicyclic) bond motifs is 1. The molecule has 0 unspecified atom stereocenters. The van der Waals surface area contributed by atoms with Crippen LogP contribution in [0.5, 0.6) is 0 Å². The molecule has 0 atom stereocenters. The van der Waals surface area contributed by atoms with Crippen LogP contribution in [-0.2, 0) is 4.79 Å². The number of amides is 1. The molecular formula is C15H23N5O. The van der Waals surface area contributed by atoms with Crippen LogP contribution >= 0.6 is 0 Å². The third kappa shape index (κ3) is 3.52. The molecule has 0 fully saturated rings. The Hall–Kier alpha value is -2.08. The minimum atomic E-state index is -0.0536. The maximum atomic E-state index is 11.8. The van der Waals surface area contributed by atoms with Crippen LogP contribution in [0.25, 0.3) is 10.9 Å². The van der Waals surface area contributed by atoms with E-state index in [2.05, 4.69) is 46.4 Å². The van der Waals surface area contributed by atoms with Crippen LogP contribution in [0, 0.1) is 0 Å². The number of anilines is 2. The van der Waals surface area contributed by atoms with Gasteiger partial charge < -0.3 is 16.0 Å². The van der Waals surface area contributed by atoms with Gasteiger partial charge in [0.25, 0.3) is 0 Å². The molecule has 0 spiro atoms. The van der Waals surface area contributed by atoms with E-state index in [1.807, 2.05) is 6.07 Å². The summed E-state index contributed by atoms with van der Waals surface area (Å²) in [6, 6.07) is 6.11. The van der Waals surface area contributed by atoms with Gasteiger partial charge >= 0.3 is 0 Å². The average molecular weight is 289 g/mol. The maximum Gasteiger partial charge on any atom is 0.225 e. The Kier molecular flexibility index (Phi) is 5.16. The highest BCUT2D eigenvalue weighted by atomic mass is 16.1. The predicted molar refractivity (Wildman–Crippen MR) is 86.6 cm³/mol. The molecule has 1 aromatic heterocycles. The van der Waals surface area contributed by atoms with E-state index in [4.69, 9.17) is 5.73 Å². The Morgan fingerprint density at radius 3 is 2.81 bits per heavy atom. The van der Waals surface area contributed by atoms with Crippen molar-refractivity contribution in [3.05, 3.63) is 18.2 Å². The van der Waals surface area contributed by atoms with Gasteiger partial charge in [0.1, 0.15) is 0 Å². The molecule has 4 N–H and O–H groups in total. The van der Waals surface area contributed by atoms with Crippen LogP contribution in [0.1, 0.15) is 26.7 Å². The molecule has 0 saturated carbocycles. The lowest BCUT2D eigenvalue weighted by Gasteiger charge is -2.20. The highest BCUT2D eigenvalue weighted by molar-refractivity contribution is 6.00. The Balaban J connectivity index is 2.24. The van der Waals surface area contributed by atoms with Gasteiger partial charge in [-0.05, 0) is 45.0 Å². The summed E-state index contributed by atoms with van der Waals surface area (Å²) >= 11 is 0. The molecule has 21 heavy (non-hydrogen) atoms. The molecule has 1 heterocycles. The fourth-order valence-corrected chi connectivity index (χ4v) is 2.34. The second-order valence-corrected chi connectivity index (χ2v) is 4.91. The van der Waals surface area contributed by atoms with E-state index >= 15 is 0 Å². The summed E-state index contributed by atoms with van der Waals surface area (Å²) in [6.07, 6.45) is 1.10. The van der Waals surface area contributed by atoms with E-state index < -0.39 is 0 Å². The van der Waals surface area contributed by atoms with Crippen LogP contribution in [0.3, 0.4) is 0 Å². The second kappa shape index (κ2) is 7.08. The molecule has 1 amide bonds. The summed E-state index contributed by atoms with van der Waals surface area (Å²) in [7, 11) is 0. The fraction of sp³-hybridized carbons (Fsp3) is 0.467. The predicted octanol–water partition coefficient (Wildman–Crippen LogP) is 2.09. The van der Waals surface area contributed by atoms with Crippen molar-refractivity contribution in [3.63, 3.8) is 0 Å². The lowest BCUT2D eigenvalue weighted by atomic mass is 10.2. The van der Waals surface area contributed by atoms with Crippen molar-refractivity contribution in [2.24, 2.45) is 5.73 Å². The molecule has 0 aliphatic heterocycles. The highest BCUT2D eigenvalue weighted by Gasteiger charge is 2.11. The van der Waals surface area contributed by atoms with Crippen LogP contribution in [0.4, 0.5) is 11.5 Å². The monoisotopic (exact) mass is 289 g/mol. The number of H-pyrrole nitrogens is 1. The summed E-state index contributed by atoms with van der Waals surface area (Å²) in [4.78, 5) is 14.1. The van der Waals surface area contributed by atoms with E-state index in [9.17, 15) is 4.79 Å². The lowest BCUT2D eigenvalue weighted by molar-refractivity contribution is -0.116. The Bertz CT molecular complexity index is 603. The first-order valence-corrected chi connectivity index (χ1v) is 7.42. The van der Waals surface area contributed by atoms with E-state index in [-0.39, 0.29) is 5.91 Å². The molecule has 0 aliphatic carbocycles. The number of nitrogens with two attached hydrogens (primary N) is 1. The first-order chi connectivity index (χ1) is 10.2. The summed E-state index contributed by atoms with van der Waals surface area (Å²) < 4.78 is 0. The maximum absolute atomic E-state index is 11.8.